The van der Waals surface area contributed by atoms with Gasteiger partial charge in [0.15, 0.2) is 14.9 Å². The van der Waals surface area contributed by atoms with Gasteiger partial charge in [-0.25, -0.2) is 27.0 Å². The molecule has 9 heteroatoms. The highest BCUT2D eigenvalue weighted by Crippen LogP contribution is 2.13. The molecule has 2 aromatic heterocycles. The van der Waals surface area contributed by atoms with Crippen LogP contribution >= 0.6 is 0 Å². The SMILES string of the molecule is C#CCn1c(=O)n(C)c(=O)n2c(C)c(S(C)(=O)=O)nc12. The molecule has 0 saturated heterocycles. The average molecular weight is 296 g/mol. The number of terminal acetylenes is 1. The van der Waals surface area contributed by atoms with Gasteiger partial charge >= 0.3 is 11.4 Å². The Morgan fingerprint density at radius 2 is 1.90 bits per heavy atom. The van der Waals surface area contributed by atoms with Gasteiger partial charge in [0, 0.05) is 13.3 Å². The summed E-state index contributed by atoms with van der Waals surface area (Å²) in [6, 6.07) is 0. The first kappa shape index (κ1) is 14.1. The zero-order chi connectivity index (χ0) is 15.2. The smallest absolute Gasteiger partial charge is 0.251 e. The zero-order valence-corrected chi connectivity index (χ0v) is 11.9. The minimum Gasteiger partial charge on any atom is -0.251 e. The summed E-state index contributed by atoms with van der Waals surface area (Å²) in [5, 5.41) is -0.244. The molecule has 20 heavy (non-hydrogen) atoms. The van der Waals surface area contributed by atoms with E-state index in [2.05, 4.69) is 10.9 Å². The van der Waals surface area contributed by atoms with Crippen molar-refractivity contribution in [3.63, 3.8) is 0 Å². The second-order valence-corrected chi connectivity index (χ2v) is 6.26. The molecule has 0 saturated carbocycles. The minimum absolute atomic E-state index is 0.0750. The lowest BCUT2D eigenvalue weighted by Crippen LogP contribution is -2.42. The molecule has 0 fully saturated rings. The Morgan fingerprint density at radius 1 is 1.30 bits per heavy atom. The fourth-order valence-corrected chi connectivity index (χ4v) is 2.83. The monoisotopic (exact) mass is 296 g/mol. The Hall–Kier alpha value is -2.34. The molecule has 106 valence electrons. The van der Waals surface area contributed by atoms with E-state index in [1.54, 1.807) is 0 Å². The molecular weight excluding hydrogens is 284 g/mol. The predicted molar refractivity (Wildman–Crippen MR) is 71.4 cm³/mol. The maximum absolute atomic E-state index is 12.1. The first-order valence-corrected chi connectivity index (χ1v) is 7.41. The topological polar surface area (TPSA) is 95.4 Å². The highest BCUT2D eigenvalue weighted by Gasteiger charge is 2.22. The summed E-state index contributed by atoms with van der Waals surface area (Å²) < 4.78 is 26.3. The number of nitrogens with zero attached hydrogens (tertiary/aromatic N) is 4. The lowest BCUT2D eigenvalue weighted by molar-refractivity contribution is 0.598. The van der Waals surface area contributed by atoms with Gasteiger partial charge in [0.2, 0.25) is 5.78 Å². The van der Waals surface area contributed by atoms with E-state index in [9.17, 15) is 18.0 Å². The number of hydrogen-bond donors (Lipinski definition) is 0. The summed E-state index contributed by atoms with van der Waals surface area (Å²) in [6.45, 7) is 1.33. The van der Waals surface area contributed by atoms with Gasteiger partial charge in [-0.1, -0.05) is 5.92 Å². The van der Waals surface area contributed by atoms with Crippen molar-refractivity contribution in [1.29, 1.82) is 0 Å². The summed E-state index contributed by atoms with van der Waals surface area (Å²) in [4.78, 5) is 28.0. The molecule has 0 aliphatic rings. The van der Waals surface area contributed by atoms with E-state index in [0.717, 1.165) is 19.8 Å². The van der Waals surface area contributed by atoms with Crippen molar-refractivity contribution in [2.75, 3.05) is 6.26 Å². The lowest BCUT2D eigenvalue weighted by Gasteiger charge is -2.06. The molecule has 0 atom stereocenters. The van der Waals surface area contributed by atoms with Crippen LogP contribution < -0.4 is 11.4 Å². The van der Waals surface area contributed by atoms with Gasteiger partial charge < -0.3 is 0 Å². The van der Waals surface area contributed by atoms with Crippen LogP contribution in [-0.2, 0) is 23.4 Å². The van der Waals surface area contributed by atoms with Crippen molar-refractivity contribution in [1.82, 2.24) is 18.5 Å². The summed E-state index contributed by atoms with van der Waals surface area (Å²) in [5.74, 6) is 2.20. The van der Waals surface area contributed by atoms with Crippen LogP contribution in [0.25, 0.3) is 5.78 Å². The fourth-order valence-electron chi connectivity index (χ4n) is 1.96. The third-order valence-corrected chi connectivity index (χ3v) is 3.97. The first-order chi connectivity index (χ1) is 9.20. The Balaban J connectivity index is 3.15. The molecule has 0 radical (unpaired) electrons. The molecule has 0 bridgehead atoms. The van der Waals surface area contributed by atoms with E-state index in [-0.39, 0.29) is 23.0 Å². The first-order valence-electron chi connectivity index (χ1n) is 5.52. The molecule has 0 N–H and O–H groups in total. The highest BCUT2D eigenvalue weighted by molar-refractivity contribution is 7.90. The quantitative estimate of drug-likeness (QED) is 0.631. The van der Waals surface area contributed by atoms with Crippen LogP contribution in [0.5, 0.6) is 0 Å². The second kappa shape index (κ2) is 4.35. The Bertz CT molecular complexity index is 969. The van der Waals surface area contributed by atoms with Crippen LogP contribution in [0.2, 0.25) is 0 Å². The highest BCUT2D eigenvalue weighted by atomic mass is 32.2. The number of rotatable bonds is 2. The Kier molecular flexibility index (Phi) is 3.06. The molecule has 0 unspecified atom stereocenters. The van der Waals surface area contributed by atoms with Crippen LogP contribution in [0, 0.1) is 19.3 Å². The maximum Gasteiger partial charge on any atom is 0.339 e. The van der Waals surface area contributed by atoms with Crippen LogP contribution in [0.3, 0.4) is 0 Å². The number of aryl methyl sites for hydroxylation is 1. The van der Waals surface area contributed by atoms with Crippen LogP contribution in [-0.4, -0.2) is 33.2 Å². The van der Waals surface area contributed by atoms with Crippen molar-refractivity contribution >= 4 is 15.6 Å². The Morgan fingerprint density at radius 3 is 2.40 bits per heavy atom. The molecule has 0 aliphatic carbocycles. The molecule has 0 aromatic carbocycles. The minimum atomic E-state index is -3.62. The van der Waals surface area contributed by atoms with Gasteiger partial charge in [-0.2, -0.15) is 4.98 Å². The zero-order valence-electron chi connectivity index (χ0n) is 11.1. The molecule has 0 spiro atoms. The van der Waals surface area contributed by atoms with Crippen molar-refractivity contribution in [3.05, 3.63) is 26.7 Å². The van der Waals surface area contributed by atoms with Crippen molar-refractivity contribution in [3.8, 4) is 12.3 Å². The lowest BCUT2D eigenvalue weighted by atomic mass is 10.5. The fraction of sp³-hybridized carbons (Fsp3) is 0.364. The molecule has 0 amide bonds. The van der Waals surface area contributed by atoms with Crippen LogP contribution in [0.1, 0.15) is 5.69 Å². The standard InChI is InChI=1S/C11H12N4O4S/c1-5-6-14-9-12-8(20(4,18)19)7(2)15(9)11(17)13(3)10(14)16/h1H,6H2,2-4H3. The van der Waals surface area contributed by atoms with E-state index in [0.29, 0.717) is 0 Å². The van der Waals surface area contributed by atoms with Crippen LogP contribution in [0.15, 0.2) is 14.6 Å². The number of sulfone groups is 1. The van der Waals surface area contributed by atoms with Crippen molar-refractivity contribution < 1.29 is 8.42 Å². The second-order valence-electron chi connectivity index (χ2n) is 4.32. The molecule has 2 heterocycles. The van der Waals surface area contributed by atoms with Crippen LogP contribution in [0.4, 0.5) is 0 Å². The van der Waals surface area contributed by atoms with Crippen molar-refractivity contribution in [2.45, 2.75) is 18.5 Å². The van der Waals surface area contributed by atoms with Gasteiger partial charge in [0.1, 0.15) is 0 Å². The van der Waals surface area contributed by atoms with E-state index < -0.39 is 21.2 Å². The van der Waals surface area contributed by atoms with Gasteiger partial charge in [-0.3, -0.25) is 4.57 Å². The number of fused-ring (bicyclic) bond motifs is 1. The van der Waals surface area contributed by atoms with Gasteiger partial charge in [0.25, 0.3) is 0 Å². The summed E-state index contributed by atoms with van der Waals surface area (Å²) >= 11 is 0. The molecule has 0 aliphatic heterocycles. The predicted octanol–water partition coefficient (Wildman–Crippen LogP) is -1.46. The molecular formula is C11H12N4O4S. The van der Waals surface area contributed by atoms with E-state index in [1.807, 2.05) is 0 Å². The number of hydrogen-bond acceptors (Lipinski definition) is 5. The van der Waals surface area contributed by atoms with Gasteiger partial charge in [-0.15, -0.1) is 6.42 Å². The largest absolute Gasteiger partial charge is 0.339 e. The third-order valence-electron chi connectivity index (χ3n) is 2.88. The van der Waals surface area contributed by atoms with Crippen molar-refractivity contribution in [2.24, 2.45) is 7.05 Å². The van der Waals surface area contributed by atoms with E-state index in [4.69, 9.17) is 6.42 Å². The normalized spacial score (nSPS) is 11.7. The average Bonchev–Trinajstić information content (AvgIpc) is 2.69. The maximum atomic E-state index is 12.1. The van der Waals surface area contributed by atoms with Gasteiger partial charge in [-0.05, 0) is 6.92 Å². The van der Waals surface area contributed by atoms with E-state index >= 15 is 0 Å². The Labute approximate surface area is 114 Å². The number of imidazole rings is 1. The third kappa shape index (κ3) is 1.85. The number of aromatic nitrogens is 4. The van der Waals surface area contributed by atoms with E-state index in [1.165, 1.54) is 14.0 Å². The molecule has 2 rings (SSSR count). The summed E-state index contributed by atoms with van der Waals surface area (Å²) in [7, 11) is -2.33. The molecule has 2 aromatic rings. The summed E-state index contributed by atoms with van der Waals surface area (Å²) in [6.07, 6.45) is 6.17. The van der Waals surface area contributed by atoms with Gasteiger partial charge in [0.05, 0.1) is 12.2 Å². The molecule has 8 nitrogen and oxygen atoms in total. The summed E-state index contributed by atoms with van der Waals surface area (Å²) in [5.41, 5.74) is -1.17.